The van der Waals surface area contributed by atoms with Crippen LogP contribution in [0.5, 0.6) is 11.5 Å². The van der Waals surface area contributed by atoms with E-state index in [1.54, 1.807) is 24.3 Å². The van der Waals surface area contributed by atoms with E-state index in [1.807, 2.05) is 19.9 Å². The lowest BCUT2D eigenvalue weighted by Gasteiger charge is -2.30. The molecule has 8 nitrogen and oxygen atoms in total. The summed E-state index contributed by atoms with van der Waals surface area (Å²) in [4.78, 5) is 15.5. The Kier molecular flexibility index (Phi) is 6.63. The molecule has 3 aliphatic rings. The molecular formula is C27H35N3O5S. The average molecular weight is 514 g/mol. The number of amides is 1. The molecule has 1 saturated carbocycles. The Labute approximate surface area is 213 Å². The van der Waals surface area contributed by atoms with Gasteiger partial charge in [0.05, 0.1) is 22.9 Å². The van der Waals surface area contributed by atoms with Crippen LogP contribution in [0.3, 0.4) is 0 Å². The number of nitrogens with one attached hydrogen (secondary N) is 2. The molecule has 0 radical (unpaired) electrons. The summed E-state index contributed by atoms with van der Waals surface area (Å²) in [5.74, 6) is 0.815. The fourth-order valence-electron chi connectivity index (χ4n) is 5.62. The first-order chi connectivity index (χ1) is 17.2. The van der Waals surface area contributed by atoms with Crippen molar-refractivity contribution in [2.75, 3.05) is 30.2 Å². The van der Waals surface area contributed by atoms with Crippen molar-refractivity contribution in [1.29, 1.82) is 0 Å². The van der Waals surface area contributed by atoms with Gasteiger partial charge in [0.1, 0.15) is 22.5 Å². The van der Waals surface area contributed by atoms with Gasteiger partial charge in [-0.3, -0.25) is 9.52 Å². The van der Waals surface area contributed by atoms with Crippen molar-refractivity contribution in [3.05, 3.63) is 42.0 Å². The number of rotatable bonds is 7. The summed E-state index contributed by atoms with van der Waals surface area (Å²) in [5, 5.41) is 3.08. The first kappa shape index (κ1) is 24.9. The molecule has 0 unspecified atom stereocenters. The van der Waals surface area contributed by atoms with E-state index in [0.29, 0.717) is 22.9 Å². The Morgan fingerprint density at radius 2 is 1.78 bits per heavy atom. The quantitative estimate of drug-likeness (QED) is 0.565. The van der Waals surface area contributed by atoms with Crippen LogP contribution in [0.15, 0.2) is 41.3 Å². The highest BCUT2D eigenvalue weighted by atomic mass is 32.2. The molecule has 194 valence electrons. The molecular weight excluding hydrogens is 478 g/mol. The van der Waals surface area contributed by atoms with Crippen molar-refractivity contribution in [2.24, 2.45) is 0 Å². The van der Waals surface area contributed by atoms with E-state index in [1.165, 1.54) is 6.07 Å². The molecule has 1 aliphatic carbocycles. The maximum atomic E-state index is 13.5. The number of nitrogens with zero attached hydrogens (tertiary/aromatic N) is 1. The third kappa shape index (κ3) is 4.66. The van der Waals surface area contributed by atoms with Gasteiger partial charge in [0.15, 0.2) is 0 Å². The second-order valence-corrected chi connectivity index (χ2v) is 12.1. The van der Waals surface area contributed by atoms with Crippen molar-refractivity contribution < 1.29 is 22.7 Å². The summed E-state index contributed by atoms with van der Waals surface area (Å²) in [5.41, 5.74) is 1.28. The third-order valence-electron chi connectivity index (χ3n) is 7.46. The number of likely N-dealkylation sites (tertiary alicyclic amines) is 1. The Morgan fingerprint density at radius 3 is 2.47 bits per heavy atom. The van der Waals surface area contributed by atoms with E-state index in [-0.39, 0.29) is 23.0 Å². The lowest BCUT2D eigenvalue weighted by molar-refractivity contribution is -0.120. The lowest BCUT2D eigenvalue weighted by atomic mass is 9.80. The van der Waals surface area contributed by atoms with Gasteiger partial charge in [-0.05, 0) is 70.3 Å². The van der Waals surface area contributed by atoms with Crippen LogP contribution in [0, 0.1) is 0 Å². The number of hydrogen-bond acceptors (Lipinski definition) is 6. The monoisotopic (exact) mass is 513 g/mol. The average Bonchev–Trinajstić information content (AvgIpc) is 3.42. The van der Waals surface area contributed by atoms with Crippen molar-refractivity contribution in [1.82, 2.24) is 4.90 Å². The number of piperidine rings is 1. The molecule has 2 N–H and O–H groups in total. The molecule has 2 fully saturated rings. The zero-order valence-electron chi connectivity index (χ0n) is 21.2. The molecule has 1 amide bonds. The Balaban J connectivity index is 1.53. The summed E-state index contributed by atoms with van der Waals surface area (Å²) in [7, 11) is -1.86. The normalized spacial score (nSPS) is 19.9. The van der Waals surface area contributed by atoms with Crippen molar-refractivity contribution in [3.63, 3.8) is 0 Å². The second kappa shape index (κ2) is 9.59. The van der Waals surface area contributed by atoms with Gasteiger partial charge < -0.3 is 19.7 Å². The number of hydrogen-bond donors (Lipinski definition) is 2. The van der Waals surface area contributed by atoms with Gasteiger partial charge in [-0.15, -0.1) is 0 Å². The van der Waals surface area contributed by atoms with Crippen LogP contribution >= 0.6 is 0 Å². The van der Waals surface area contributed by atoms with Gasteiger partial charge in [0.25, 0.3) is 10.0 Å². The van der Waals surface area contributed by atoms with Gasteiger partial charge in [0, 0.05) is 19.2 Å². The number of fused-ring (bicyclic) bond motifs is 2. The Morgan fingerprint density at radius 1 is 1.08 bits per heavy atom. The number of benzene rings is 2. The molecule has 5 rings (SSSR count). The van der Waals surface area contributed by atoms with Crippen molar-refractivity contribution in [2.45, 2.75) is 74.9 Å². The maximum Gasteiger partial charge on any atom is 0.265 e. The standard InChI is InChI=1S/C27H35N3O5S/c1-18(2)34-22-8-4-5-9-24(22)36(32,33)29-19-16-21-25(28-26(31)27(21)12-6-7-13-27)23(17-19)35-20-10-14-30(3)15-11-20/h4-5,8-9,16-18,20,29H,6-7,10-15H2,1-3H3,(H,28,31). The molecule has 2 aliphatic heterocycles. The minimum Gasteiger partial charge on any atom is -0.490 e. The fraction of sp³-hybridized carbons (Fsp3) is 0.519. The number of para-hydroxylation sites is 1. The highest BCUT2D eigenvalue weighted by Crippen LogP contribution is 2.53. The first-order valence-electron chi connectivity index (χ1n) is 12.8. The lowest BCUT2D eigenvalue weighted by Crippen LogP contribution is -2.35. The topological polar surface area (TPSA) is 97.0 Å². The van der Waals surface area contributed by atoms with Gasteiger partial charge in [-0.25, -0.2) is 8.42 Å². The van der Waals surface area contributed by atoms with Gasteiger partial charge >= 0.3 is 0 Å². The van der Waals surface area contributed by atoms with E-state index in [4.69, 9.17) is 9.47 Å². The van der Waals surface area contributed by atoms with E-state index in [2.05, 4.69) is 22.0 Å². The summed E-state index contributed by atoms with van der Waals surface area (Å²) in [6.45, 7) is 5.58. The number of sulfonamides is 1. The number of ether oxygens (including phenoxy) is 2. The van der Waals surface area contributed by atoms with Crippen LogP contribution in [0.25, 0.3) is 0 Å². The van der Waals surface area contributed by atoms with E-state index < -0.39 is 15.4 Å². The zero-order chi connectivity index (χ0) is 25.5. The summed E-state index contributed by atoms with van der Waals surface area (Å²) in [6.07, 6.45) is 5.02. The molecule has 2 aromatic rings. The smallest absolute Gasteiger partial charge is 0.265 e. The molecule has 2 heterocycles. The van der Waals surface area contributed by atoms with Gasteiger partial charge in [-0.2, -0.15) is 0 Å². The molecule has 1 saturated heterocycles. The molecule has 0 atom stereocenters. The van der Waals surface area contributed by atoms with Gasteiger partial charge in [0.2, 0.25) is 5.91 Å². The van der Waals surface area contributed by atoms with Crippen molar-refractivity contribution >= 4 is 27.3 Å². The maximum absolute atomic E-state index is 13.5. The molecule has 0 aromatic heterocycles. The van der Waals surface area contributed by atoms with E-state index in [0.717, 1.165) is 57.2 Å². The van der Waals surface area contributed by atoms with Crippen LogP contribution in [-0.4, -0.2) is 51.6 Å². The molecule has 9 heteroatoms. The highest BCUT2D eigenvalue weighted by molar-refractivity contribution is 7.92. The van der Waals surface area contributed by atoms with Gasteiger partial charge in [-0.1, -0.05) is 25.0 Å². The first-order valence-corrected chi connectivity index (χ1v) is 14.3. The minimum absolute atomic E-state index is 0.00866. The number of carbonyl (C=O) groups is 1. The van der Waals surface area contributed by atoms with Crippen LogP contribution in [0.1, 0.15) is 57.9 Å². The number of anilines is 2. The predicted molar refractivity (Wildman–Crippen MR) is 139 cm³/mol. The summed E-state index contributed by atoms with van der Waals surface area (Å²) in [6, 6.07) is 10.1. The van der Waals surface area contributed by atoms with Crippen LogP contribution in [0.4, 0.5) is 11.4 Å². The van der Waals surface area contributed by atoms with Crippen LogP contribution in [-0.2, 0) is 20.2 Å². The predicted octanol–water partition coefficient (Wildman–Crippen LogP) is 4.51. The Bertz CT molecular complexity index is 1250. The van der Waals surface area contributed by atoms with Crippen molar-refractivity contribution in [3.8, 4) is 11.5 Å². The summed E-state index contributed by atoms with van der Waals surface area (Å²) < 4.78 is 41.9. The minimum atomic E-state index is -3.96. The molecule has 0 bridgehead atoms. The SMILES string of the molecule is CC(C)Oc1ccccc1S(=O)(=O)Nc1cc(OC2CCN(C)CC2)c2c(c1)C1(CCCC1)C(=O)N2. The van der Waals surface area contributed by atoms with E-state index in [9.17, 15) is 13.2 Å². The fourth-order valence-corrected chi connectivity index (χ4v) is 6.80. The molecule has 2 aromatic carbocycles. The number of carbonyl (C=O) groups excluding carboxylic acids is 1. The van der Waals surface area contributed by atoms with Crippen LogP contribution in [0.2, 0.25) is 0 Å². The molecule has 1 spiro atoms. The third-order valence-corrected chi connectivity index (χ3v) is 8.88. The Hall–Kier alpha value is -2.78. The zero-order valence-corrected chi connectivity index (χ0v) is 22.0. The largest absolute Gasteiger partial charge is 0.490 e. The second-order valence-electron chi connectivity index (χ2n) is 10.5. The molecule has 36 heavy (non-hydrogen) atoms. The van der Waals surface area contributed by atoms with Crippen LogP contribution < -0.4 is 19.5 Å². The highest BCUT2D eigenvalue weighted by Gasteiger charge is 2.50. The van der Waals surface area contributed by atoms with E-state index >= 15 is 0 Å². The summed E-state index contributed by atoms with van der Waals surface area (Å²) >= 11 is 0.